The van der Waals surface area contributed by atoms with Gasteiger partial charge >= 0.3 is 0 Å². The molecule has 2 fully saturated rings. The maximum Gasteiger partial charge on any atom is 0.251 e. The number of amides is 1. The van der Waals surface area contributed by atoms with Gasteiger partial charge in [0.25, 0.3) is 5.91 Å². The molecule has 2 aliphatic rings. The second-order valence-electron chi connectivity index (χ2n) is 6.08. The quantitative estimate of drug-likeness (QED) is 0.870. The topological polar surface area (TPSA) is 84.7 Å². The molecule has 7 nitrogen and oxygen atoms in total. The standard InChI is InChI=1S/C15H18N6O/c22-15(18-13-7-11-3-4-12(8-13)17-11)10-1-5-14(6-2-10)21-9-16-19-20-21/h1-2,5-6,9,11-13,17H,3-4,7-8H2,(H,18,22). The molecule has 4 rings (SSSR count). The number of aromatic nitrogens is 4. The maximum atomic E-state index is 12.4. The van der Waals surface area contributed by atoms with E-state index in [0.717, 1.165) is 18.5 Å². The normalized spacial score (nSPS) is 26.8. The fourth-order valence-electron chi connectivity index (χ4n) is 3.49. The molecule has 1 aromatic heterocycles. The van der Waals surface area contributed by atoms with Crippen molar-refractivity contribution in [1.82, 2.24) is 30.8 Å². The molecule has 22 heavy (non-hydrogen) atoms. The Balaban J connectivity index is 1.42. The van der Waals surface area contributed by atoms with Crippen molar-refractivity contribution in [3.63, 3.8) is 0 Å². The third kappa shape index (κ3) is 2.59. The van der Waals surface area contributed by atoms with Crippen LogP contribution in [0.15, 0.2) is 30.6 Å². The summed E-state index contributed by atoms with van der Waals surface area (Å²) in [6, 6.07) is 8.74. The Morgan fingerprint density at radius 3 is 2.55 bits per heavy atom. The van der Waals surface area contributed by atoms with E-state index in [1.54, 1.807) is 4.68 Å². The first-order valence-electron chi connectivity index (χ1n) is 7.68. The summed E-state index contributed by atoms with van der Waals surface area (Å²) in [5, 5.41) is 17.8. The van der Waals surface area contributed by atoms with Gasteiger partial charge in [0.15, 0.2) is 0 Å². The Hall–Kier alpha value is -2.28. The Morgan fingerprint density at radius 1 is 1.18 bits per heavy atom. The van der Waals surface area contributed by atoms with Crippen molar-refractivity contribution in [3.05, 3.63) is 36.2 Å². The van der Waals surface area contributed by atoms with Crippen molar-refractivity contribution in [2.45, 2.75) is 43.8 Å². The predicted molar refractivity (Wildman–Crippen MR) is 79.6 cm³/mol. The molecule has 2 N–H and O–H groups in total. The summed E-state index contributed by atoms with van der Waals surface area (Å²) in [6.45, 7) is 0. The zero-order chi connectivity index (χ0) is 14.9. The minimum atomic E-state index is -0.00503. The molecule has 2 unspecified atom stereocenters. The predicted octanol–water partition coefficient (Wildman–Crippen LogP) is 0.675. The molecule has 0 spiro atoms. The highest BCUT2D eigenvalue weighted by Crippen LogP contribution is 2.26. The van der Waals surface area contributed by atoms with Crippen molar-refractivity contribution >= 4 is 5.91 Å². The lowest BCUT2D eigenvalue weighted by atomic mass is 9.99. The molecule has 114 valence electrons. The van der Waals surface area contributed by atoms with E-state index in [1.807, 2.05) is 24.3 Å². The third-order valence-corrected chi connectivity index (χ3v) is 4.55. The van der Waals surface area contributed by atoms with Gasteiger partial charge in [-0.2, -0.15) is 0 Å². The maximum absolute atomic E-state index is 12.4. The van der Waals surface area contributed by atoms with E-state index >= 15 is 0 Å². The monoisotopic (exact) mass is 298 g/mol. The Labute approximate surface area is 128 Å². The van der Waals surface area contributed by atoms with E-state index in [-0.39, 0.29) is 11.9 Å². The lowest BCUT2D eigenvalue weighted by molar-refractivity contribution is 0.0924. The van der Waals surface area contributed by atoms with Gasteiger partial charge < -0.3 is 10.6 Å². The van der Waals surface area contributed by atoms with E-state index in [2.05, 4.69) is 26.2 Å². The first kappa shape index (κ1) is 13.4. The second kappa shape index (κ2) is 5.49. The number of hydrogen-bond acceptors (Lipinski definition) is 5. The van der Waals surface area contributed by atoms with E-state index in [0.29, 0.717) is 17.6 Å². The Morgan fingerprint density at radius 2 is 1.91 bits per heavy atom. The van der Waals surface area contributed by atoms with Crippen LogP contribution in [0.25, 0.3) is 5.69 Å². The number of rotatable bonds is 3. The number of fused-ring (bicyclic) bond motifs is 2. The van der Waals surface area contributed by atoms with Gasteiger partial charge in [0.2, 0.25) is 0 Å². The number of carbonyl (C=O) groups excluding carboxylic acids is 1. The summed E-state index contributed by atoms with van der Waals surface area (Å²) in [6.07, 6.45) is 6.06. The van der Waals surface area contributed by atoms with Crippen LogP contribution in [0.3, 0.4) is 0 Å². The van der Waals surface area contributed by atoms with Gasteiger partial charge in [-0.3, -0.25) is 4.79 Å². The lowest BCUT2D eigenvalue weighted by Gasteiger charge is -2.29. The van der Waals surface area contributed by atoms with Crippen molar-refractivity contribution < 1.29 is 4.79 Å². The zero-order valence-electron chi connectivity index (χ0n) is 12.1. The summed E-state index contributed by atoms with van der Waals surface area (Å²) < 4.78 is 1.56. The Bertz CT molecular complexity index is 641. The molecule has 1 amide bonds. The summed E-state index contributed by atoms with van der Waals surface area (Å²) >= 11 is 0. The van der Waals surface area contributed by atoms with Crippen molar-refractivity contribution in [2.24, 2.45) is 0 Å². The molecule has 0 aliphatic carbocycles. The lowest BCUT2D eigenvalue weighted by Crippen LogP contribution is -2.48. The number of nitrogens with one attached hydrogen (secondary N) is 2. The van der Waals surface area contributed by atoms with E-state index < -0.39 is 0 Å². The van der Waals surface area contributed by atoms with Crippen molar-refractivity contribution in [1.29, 1.82) is 0 Å². The van der Waals surface area contributed by atoms with Crippen LogP contribution in [0, 0.1) is 0 Å². The fraction of sp³-hybridized carbons (Fsp3) is 0.467. The van der Waals surface area contributed by atoms with Gasteiger partial charge in [0, 0.05) is 23.7 Å². The van der Waals surface area contributed by atoms with Crippen LogP contribution in [0.1, 0.15) is 36.0 Å². The fourth-order valence-corrected chi connectivity index (χ4v) is 3.49. The first-order valence-corrected chi connectivity index (χ1v) is 7.68. The van der Waals surface area contributed by atoms with Gasteiger partial charge in [0.05, 0.1) is 5.69 Å². The number of carbonyl (C=O) groups is 1. The smallest absolute Gasteiger partial charge is 0.251 e. The SMILES string of the molecule is O=C(NC1CC2CCC(C1)N2)c1ccc(-n2cnnn2)cc1. The summed E-state index contributed by atoms with van der Waals surface area (Å²) in [5.41, 5.74) is 1.50. The van der Waals surface area contributed by atoms with Crippen LogP contribution in [-0.2, 0) is 0 Å². The Kier molecular flexibility index (Phi) is 3.34. The van der Waals surface area contributed by atoms with E-state index in [1.165, 1.54) is 19.2 Å². The molecule has 0 radical (unpaired) electrons. The summed E-state index contributed by atoms with van der Waals surface area (Å²) in [5.74, 6) is -0.00503. The van der Waals surface area contributed by atoms with Gasteiger partial charge in [0.1, 0.15) is 6.33 Å². The van der Waals surface area contributed by atoms with Gasteiger partial charge in [-0.05, 0) is 60.4 Å². The highest BCUT2D eigenvalue weighted by atomic mass is 16.1. The van der Waals surface area contributed by atoms with Gasteiger partial charge in [-0.1, -0.05) is 0 Å². The van der Waals surface area contributed by atoms with Crippen molar-refractivity contribution in [2.75, 3.05) is 0 Å². The molecular formula is C15H18N6O. The highest BCUT2D eigenvalue weighted by Gasteiger charge is 2.34. The number of piperidine rings is 1. The highest BCUT2D eigenvalue weighted by molar-refractivity contribution is 5.94. The van der Waals surface area contributed by atoms with Crippen LogP contribution < -0.4 is 10.6 Å². The van der Waals surface area contributed by atoms with Crippen LogP contribution in [0.4, 0.5) is 0 Å². The number of hydrogen-bond donors (Lipinski definition) is 2. The third-order valence-electron chi connectivity index (χ3n) is 4.55. The largest absolute Gasteiger partial charge is 0.349 e. The molecule has 1 aromatic carbocycles. The molecule has 2 aromatic rings. The molecule has 7 heteroatoms. The summed E-state index contributed by atoms with van der Waals surface area (Å²) in [7, 11) is 0. The molecule has 2 aliphatic heterocycles. The van der Waals surface area contributed by atoms with E-state index in [4.69, 9.17) is 0 Å². The average molecular weight is 298 g/mol. The molecule has 3 heterocycles. The van der Waals surface area contributed by atoms with Crippen LogP contribution >= 0.6 is 0 Å². The van der Waals surface area contributed by atoms with Gasteiger partial charge in [-0.15, -0.1) is 5.10 Å². The van der Waals surface area contributed by atoms with Crippen LogP contribution in [0.2, 0.25) is 0 Å². The van der Waals surface area contributed by atoms with Crippen LogP contribution in [-0.4, -0.2) is 44.2 Å². The minimum Gasteiger partial charge on any atom is -0.349 e. The van der Waals surface area contributed by atoms with Crippen LogP contribution in [0.5, 0.6) is 0 Å². The van der Waals surface area contributed by atoms with Gasteiger partial charge in [-0.25, -0.2) is 4.68 Å². The summed E-state index contributed by atoms with van der Waals surface area (Å²) in [4.78, 5) is 12.4. The number of nitrogens with zero attached hydrogens (tertiary/aromatic N) is 4. The minimum absolute atomic E-state index is 0.00503. The number of benzene rings is 1. The van der Waals surface area contributed by atoms with E-state index in [9.17, 15) is 4.79 Å². The molecule has 2 saturated heterocycles. The molecular weight excluding hydrogens is 280 g/mol. The number of tetrazole rings is 1. The second-order valence-corrected chi connectivity index (χ2v) is 6.08. The molecule has 2 atom stereocenters. The van der Waals surface area contributed by atoms with Crippen molar-refractivity contribution in [3.8, 4) is 5.69 Å². The molecule has 0 saturated carbocycles. The first-order chi connectivity index (χ1) is 10.8. The average Bonchev–Trinajstić information content (AvgIpc) is 3.17. The molecule has 2 bridgehead atoms. The zero-order valence-corrected chi connectivity index (χ0v) is 12.1.